The second-order valence-electron chi connectivity index (χ2n) is 5.57. The largest absolute Gasteiger partial charge is 0.457 e. The maximum atomic E-state index is 13.1. The zero-order valence-corrected chi connectivity index (χ0v) is 13.5. The number of hydrogen-bond donors (Lipinski definition) is 1. The van der Waals surface area contributed by atoms with E-state index in [0.29, 0.717) is 24.3 Å². The average molecular weight is 335 g/mol. The second kappa shape index (κ2) is 7.88. The van der Waals surface area contributed by atoms with Gasteiger partial charge in [-0.25, -0.2) is 8.78 Å². The maximum Gasteiger partial charge on any atom is 0.253 e. The molecule has 0 saturated carbocycles. The molecule has 0 radical (unpaired) electrons. The van der Waals surface area contributed by atoms with Crippen molar-refractivity contribution in [3.8, 4) is 11.5 Å². The van der Waals surface area contributed by atoms with Crippen molar-refractivity contribution in [1.29, 1.82) is 0 Å². The van der Waals surface area contributed by atoms with Crippen LogP contribution in [0.1, 0.15) is 23.7 Å². The smallest absolute Gasteiger partial charge is 0.253 e. The molecule has 0 saturated heterocycles. The third-order valence-corrected chi connectivity index (χ3v) is 3.46. The van der Waals surface area contributed by atoms with Crippen molar-refractivity contribution >= 4 is 5.91 Å². The zero-order chi connectivity index (χ0) is 17.7. The third kappa shape index (κ3) is 4.76. The predicted octanol–water partition coefficient (Wildman–Crippen LogP) is 3.60. The second-order valence-corrected chi connectivity index (χ2v) is 5.57. The van der Waals surface area contributed by atoms with Gasteiger partial charge in [0.25, 0.3) is 5.91 Å². The first-order valence-corrected chi connectivity index (χ1v) is 7.53. The topological polar surface area (TPSA) is 49.8 Å². The number of rotatable bonds is 6. The molecule has 0 heterocycles. The van der Waals surface area contributed by atoms with E-state index in [-0.39, 0.29) is 11.7 Å². The Labute approximate surface area is 139 Å². The van der Waals surface area contributed by atoms with Gasteiger partial charge in [-0.05, 0) is 49.7 Å². The van der Waals surface area contributed by atoms with Crippen molar-refractivity contribution in [1.82, 2.24) is 4.90 Å². The van der Waals surface area contributed by atoms with E-state index in [1.165, 1.54) is 11.0 Å². The highest BCUT2D eigenvalue weighted by Crippen LogP contribution is 2.23. The van der Waals surface area contributed by atoms with Crippen LogP contribution in [0, 0.1) is 11.6 Å². The summed E-state index contributed by atoms with van der Waals surface area (Å²) in [4.78, 5) is 13.7. The van der Waals surface area contributed by atoms with Crippen LogP contribution < -0.4 is 4.74 Å². The fourth-order valence-corrected chi connectivity index (χ4v) is 2.04. The maximum absolute atomic E-state index is 13.1. The summed E-state index contributed by atoms with van der Waals surface area (Å²) >= 11 is 0. The summed E-state index contributed by atoms with van der Waals surface area (Å²) in [6.07, 6.45) is 0.0339. The SMILES string of the molecule is CC(O)CCN(C)C(=O)c1ccc(Oc2ccc(F)c(F)c2)cc1. The van der Waals surface area contributed by atoms with Crippen LogP contribution in [-0.4, -0.2) is 35.6 Å². The molecule has 2 aromatic rings. The van der Waals surface area contributed by atoms with Crippen LogP contribution in [0.25, 0.3) is 0 Å². The molecule has 0 aromatic heterocycles. The summed E-state index contributed by atoms with van der Waals surface area (Å²) in [5, 5.41) is 9.26. The third-order valence-electron chi connectivity index (χ3n) is 3.46. The van der Waals surface area contributed by atoms with E-state index in [1.807, 2.05) is 0 Å². The van der Waals surface area contributed by atoms with Crippen LogP contribution in [-0.2, 0) is 0 Å². The lowest BCUT2D eigenvalue weighted by molar-refractivity contribution is 0.0769. The van der Waals surface area contributed by atoms with Gasteiger partial charge in [0, 0.05) is 25.2 Å². The minimum absolute atomic E-state index is 0.169. The van der Waals surface area contributed by atoms with Gasteiger partial charge in [0.15, 0.2) is 11.6 Å². The molecule has 0 aliphatic heterocycles. The minimum Gasteiger partial charge on any atom is -0.457 e. The molecule has 1 amide bonds. The molecule has 0 spiro atoms. The molecule has 4 nitrogen and oxygen atoms in total. The molecule has 0 aliphatic rings. The zero-order valence-electron chi connectivity index (χ0n) is 13.5. The number of nitrogens with zero attached hydrogens (tertiary/aromatic N) is 1. The van der Waals surface area contributed by atoms with E-state index in [9.17, 15) is 18.7 Å². The first kappa shape index (κ1) is 17.9. The molecule has 6 heteroatoms. The highest BCUT2D eigenvalue weighted by Gasteiger charge is 2.12. The van der Waals surface area contributed by atoms with Crippen LogP contribution in [0.3, 0.4) is 0 Å². The van der Waals surface area contributed by atoms with Crippen LogP contribution in [0.2, 0.25) is 0 Å². The summed E-state index contributed by atoms with van der Waals surface area (Å²) in [6.45, 7) is 2.12. The number of carbonyl (C=O) groups excluding carboxylic acids is 1. The molecule has 2 aromatic carbocycles. The van der Waals surface area contributed by atoms with E-state index in [4.69, 9.17) is 4.74 Å². The van der Waals surface area contributed by atoms with Gasteiger partial charge in [-0.15, -0.1) is 0 Å². The van der Waals surface area contributed by atoms with Gasteiger partial charge >= 0.3 is 0 Å². The molecule has 1 N–H and O–H groups in total. The molecule has 0 bridgehead atoms. The van der Waals surface area contributed by atoms with Gasteiger partial charge in [0.1, 0.15) is 11.5 Å². The summed E-state index contributed by atoms with van der Waals surface area (Å²) < 4.78 is 31.5. The number of carbonyl (C=O) groups is 1. The number of ether oxygens (including phenoxy) is 1. The van der Waals surface area contributed by atoms with Gasteiger partial charge in [0.2, 0.25) is 0 Å². The Bertz CT molecular complexity index is 702. The molecule has 128 valence electrons. The first-order chi connectivity index (χ1) is 11.4. The fourth-order valence-electron chi connectivity index (χ4n) is 2.04. The average Bonchev–Trinajstić information content (AvgIpc) is 2.56. The van der Waals surface area contributed by atoms with E-state index < -0.39 is 17.7 Å². The molecule has 1 atom stereocenters. The summed E-state index contributed by atoms with van der Waals surface area (Å²) in [5.41, 5.74) is 0.473. The lowest BCUT2D eigenvalue weighted by Crippen LogP contribution is -2.29. The summed E-state index contributed by atoms with van der Waals surface area (Å²) in [6, 6.07) is 9.61. The molecular weight excluding hydrogens is 316 g/mol. The van der Waals surface area contributed by atoms with Crippen molar-refractivity contribution in [2.75, 3.05) is 13.6 Å². The van der Waals surface area contributed by atoms with Gasteiger partial charge in [-0.3, -0.25) is 4.79 Å². The highest BCUT2D eigenvalue weighted by atomic mass is 19.2. The van der Waals surface area contributed by atoms with Crippen molar-refractivity contribution in [3.05, 3.63) is 59.7 Å². The van der Waals surface area contributed by atoms with E-state index >= 15 is 0 Å². The number of benzene rings is 2. The number of halogens is 2. The van der Waals surface area contributed by atoms with Crippen LogP contribution in [0.4, 0.5) is 8.78 Å². The van der Waals surface area contributed by atoms with Gasteiger partial charge in [-0.2, -0.15) is 0 Å². The Morgan fingerprint density at radius 3 is 2.33 bits per heavy atom. The Kier molecular flexibility index (Phi) is 5.87. The molecule has 0 fully saturated rings. The highest BCUT2D eigenvalue weighted by molar-refractivity contribution is 5.94. The van der Waals surface area contributed by atoms with Crippen molar-refractivity contribution in [2.45, 2.75) is 19.4 Å². The minimum atomic E-state index is -0.987. The molecule has 1 unspecified atom stereocenters. The molecule has 24 heavy (non-hydrogen) atoms. The number of amides is 1. The van der Waals surface area contributed by atoms with Crippen molar-refractivity contribution in [3.63, 3.8) is 0 Å². The van der Waals surface area contributed by atoms with E-state index in [1.54, 1.807) is 38.2 Å². The van der Waals surface area contributed by atoms with Gasteiger partial charge in [0.05, 0.1) is 6.10 Å². The van der Waals surface area contributed by atoms with Crippen molar-refractivity contribution < 1.29 is 23.4 Å². The quantitative estimate of drug-likeness (QED) is 0.877. The Morgan fingerprint density at radius 2 is 1.75 bits per heavy atom. The van der Waals surface area contributed by atoms with Gasteiger partial charge < -0.3 is 14.7 Å². The summed E-state index contributed by atoms with van der Waals surface area (Å²) in [5.74, 6) is -1.52. The predicted molar refractivity (Wildman–Crippen MR) is 86.1 cm³/mol. The van der Waals surface area contributed by atoms with E-state index in [2.05, 4.69) is 0 Å². The van der Waals surface area contributed by atoms with Crippen LogP contribution in [0.5, 0.6) is 11.5 Å². The van der Waals surface area contributed by atoms with E-state index in [0.717, 1.165) is 12.1 Å². The molecule has 2 rings (SSSR count). The van der Waals surface area contributed by atoms with Crippen molar-refractivity contribution in [2.24, 2.45) is 0 Å². The Balaban J connectivity index is 2.01. The van der Waals surface area contributed by atoms with Crippen LogP contribution in [0.15, 0.2) is 42.5 Å². The molecule has 0 aliphatic carbocycles. The normalized spacial score (nSPS) is 11.9. The number of aliphatic hydroxyl groups is 1. The lowest BCUT2D eigenvalue weighted by Gasteiger charge is -2.18. The Hall–Kier alpha value is -2.47. The Morgan fingerprint density at radius 1 is 1.12 bits per heavy atom. The number of aliphatic hydroxyl groups excluding tert-OH is 1. The summed E-state index contributed by atoms with van der Waals surface area (Å²) in [7, 11) is 1.66. The lowest BCUT2D eigenvalue weighted by atomic mass is 10.2. The fraction of sp³-hybridized carbons (Fsp3) is 0.278. The standard InChI is InChI=1S/C18H19F2NO3/c1-12(22)9-10-21(2)18(23)13-3-5-14(6-4-13)24-15-7-8-16(19)17(20)11-15/h3-8,11-12,22H,9-10H2,1-2H3. The van der Waals surface area contributed by atoms with Crippen LogP contribution >= 0.6 is 0 Å². The monoisotopic (exact) mass is 335 g/mol. The number of hydrogen-bond acceptors (Lipinski definition) is 3. The van der Waals surface area contributed by atoms with Gasteiger partial charge in [-0.1, -0.05) is 0 Å². The first-order valence-electron chi connectivity index (χ1n) is 7.53. The molecular formula is C18H19F2NO3.